The van der Waals surface area contributed by atoms with Gasteiger partial charge in [-0.1, -0.05) is 48.6 Å². The fourth-order valence-corrected chi connectivity index (χ4v) is 3.92. The molecule has 1 heterocycles. The van der Waals surface area contributed by atoms with Crippen molar-refractivity contribution in [1.82, 2.24) is 9.97 Å². The molecule has 3 aromatic carbocycles. The minimum Gasteiger partial charge on any atom is -0.484 e. The summed E-state index contributed by atoms with van der Waals surface area (Å²) in [7, 11) is 0. The number of ether oxygens (including phenoxy) is 1. The van der Waals surface area contributed by atoms with Gasteiger partial charge in [-0.05, 0) is 72.9 Å². The Labute approximate surface area is 207 Å². The number of aromatic nitrogens is 2. The van der Waals surface area contributed by atoms with Crippen molar-refractivity contribution in [1.29, 1.82) is 0 Å². The van der Waals surface area contributed by atoms with Crippen LogP contribution in [0.25, 0.3) is 22.2 Å². The van der Waals surface area contributed by atoms with Gasteiger partial charge in [-0.15, -0.1) is 0 Å². The maximum atomic E-state index is 15.2. The van der Waals surface area contributed by atoms with Crippen LogP contribution in [0.3, 0.4) is 0 Å². The number of hydrogen-bond donors (Lipinski definition) is 0. The summed E-state index contributed by atoms with van der Waals surface area (Å²) in [6.45, 7) is 0.665. The SMILES string of the molecule is C/C=C/CCc1cnc(-c2ccc3c(F)c(CCc4ccc(OCC(F)(F)F)cc4)ccc3c2)nc1. The summed E-state index contributed by atoms with van der Waals surface area (Å²) in [5.74, 6) is 0.472. The predicted molar refractivity (Wildman–Crippen MR) is 133 cm³/mol. The highest BCUT2D eigenvalue weighted by atomic mass is 19.4. The van der Waals surface area contributed by atoms with Crippen molar-refractivity contribution in [3.8, 4) is 17.1 Å². The van der Waals surface area contributed by atoms with E-state index in [-0.39, 0.29) is 11.6 Å². The summed E-state index contributed by atoms with van der Waals surface area (Å²) in [5, 5.41) is 1.29. The van der Waals surface area contributed by atoms with E-state index in [2.05, 4.69) is 16.0 Å². The molecule has 0 aliphatic carbocycles. The lowest BCUT2D eigenvalue weighted by Gasteiger charge is -2.10. The number of rotatable bonds is 9. The zero-order valence-corrected chi connectivity index (χ0v) is 19.9. The third kappa shape index (κ3) is 6.68. The van der Waals surface area contributed by atoms with Crippen molar-refractivity contribution >= 4 is 10.8 Å². The van der Waals surface area contributed by atoms with E-state index in [1.807, 2.05) is 43.6 Å². The molecule has 0 amide bonds. The van der Waals surface area contributed by atoms with Crippen LogP contribution in [-0.2, 0) is 19.3 Å². The Morgan fingerprint density at radius 1 is 0.861 bits per heavy atom. The first-order valence-electron chi connectivity index (χ1n) is 11.7. The van der Waals surface area contributed by atoms with E-state index in [1.54, 1.807) is 24.3 Å². The minimum atomic E-state index is -4.38. The molecular formula is C29H26F4N2O. The van der Waals surface area contributed by atoms with Gasteiger partial charge in [0.15, 0.2) is 12.4 Å². The standard InChI is InChI=1S/C29H26F4N2O/c1-2-3-4-5-21-17-34-28(35-18-21)24-12-15-26-23(16-24)11-10-22(27(26)30)9-6-20-7-13-25(14-8-20)36-19-29(31,32)33/h2-3,7-8,10-18H,4-6,9,19H2,1H3/b3-2+. The first-order chi connectivity index (χ1) is 17.3. The monoisotopic (exact) mass is 494 g/mol. The molecule has 0 radical (unpaired) electrons. The van der Waals surface area contributed by atoms with Crippen LogP contribution >= 0.6 is 0 Å². The van der Waals surface area contributed by atoms with Gasteiger partial charge in [0.1, 0.15) is 11.6 Å². The van der Waals surface area contributed by atoms with Gasteiger partial charge in [0.2, 0.25) is 0 Å². The van der Waals surface area contributed by atoms with Crippen LogP contribution in [0.4, 0.5) is 17.6 Å². The van der Waals surface area contributed by atoms with Crippen molar-refractivity contribution in [3.63, 3.8) is 0 Å². The van der Waals surface area contributed by atoms with Gasteiger partial charge in [-0.2, -0.15) is 13.2 Å². The van der Waals surface area contributed by atoms with E-state index in [0.29, 0.717) is 29.6 Å². The smallest absolute Gasteiger partial charge is 0.422 e. The number of halogens is 4. The number of alkyl halides is 3. The number of fused-ring (bicyclic) bond motifs is 1. The van der Waals surface area contributed by atoms with Gasteiger partial charge in [0.25, 0.3) is 0 Å². The molecular weight excluding hydrogens is 468 g/mol. The lowest BCUT2D eigenvalue weighted by molar-refractivity contribution is -0.153. The van der Waals surface area contributed by atoms with Crippen LogP contribution in [-0.4, -0.2) is 22.8 Å². The number of nitrogens with zero attached hydrogens (tertiary/aromatic N) is 2. The van der Waals surface area contributed by atoms with E-state index in [0.717, 1.165) is 34.9 Å². The van der Waals surface area contributed by atoms with Gasteiger partial charge >= 0.3 is 6.18 Å². The lowest BCUT2D eigenvalue weighted by Crippen LogP contribution is -2.19. The van der Waals surface area contributed by atoms with Gasteiger partial charge in [0.05, 0.1) is 0 Å². The first-order valence-corrected chi connectivity index (χ1v) is 11.7. The van der Waals surface area contributed by atoms with Gasteiger partial charge in [0, 0.05) is 23.3 Å². The molecule has 0 saturated carbocycles. The first kappa shape index (κ1) is 25.4. The maximum absolute atomic E-state index is 15.2. The molecule has 4 aromatic rings. The van der Waals surface area contributed by atoms with Gasteiger partial charge < -0.3 is 4.74 Å². The minimum absolute atomic E-state index is 0.149. The zero-order valence-electron chi connectivity index (χ0n) is 19.9. The number of hydrogen-bond acceptors (Lipinski definition) is 3. The second kappa shape index (κ2) is 11.3. The molecule has 186 valence electrons. The van der Waals surface area contributed by atoms with Crippen molar-refractivity contribution in [2.75, 3.05) is 6.61 Å². The molecule has 0 spiro atoms. The second-order valence-electron chi connectivity index (χ2n) is 8.55. The average molecular weight is 495 g/mol. The molecule has 4 rings (SSSR count). The van der Waals surface area contributed by atoms with Gasteiger partial charge in [-0.3, -0.25) is 0 Å². The summed E-state index contributed by atoms with van der Waals surface area (Å²) in [5.41, 5.74) is 3.35. The Bertz CT molecular complexity index is 1330. The van der Waals surface area contributed by atoms with E-state index in [9.17, 15) is 13.2 Å². The Hall–Kier alpha value is -3.74. The molecule has 0 aliphatic heterocycles. The number of aryl methyl sites for hydroxylation is 3. The highest BCUT2D eigenvalue weighted by molar-refractivity contribution is 5.87. The Morgan fingerprint density at radius 3 is 2.31 bits per heavy atom. The molecule has 0 fully saturated rings. The Kier molecular flexibility index (Phi) is 7.98. The van der Waals surface area contributed by atoms with E-state index in [1.165, 1.54) is 12.1 Å². The molecule has 36 heavy (non-hydrogen) atoms. The summed E-state index contributed by atoms with van der Waals surface area (Å²) >= 11 is 0. The third-order valence-electron chi connectivity index (χ3n) is 5.84. The van der Waals surface area contributed by atoms with Crippen LogP contribution in [0.15, 0.2) is 79.1 Å². The summed E-state index contributed by atoms with van der Waals surface area (Å²) < 4.78 is 56.8. The van der Waals surface area contributed by atoms with Crippen LogP contribution in [0.5, 0.6) is 5.75 Å². The second-order valence-corrected chi connectivity index (χ2v) is 8.55. The van der Waals surface area contributed by atoms with Crippen LogP contribution < -0.4 is 4.74 Å². The van der Waals surface area contributed by atoms with Crippen molar-refractivity contribution in [3.05, 3.63) is 102 Å². The molecule has 0 aliphatic rings. The molecule has 0 atom stereocenters. The summed E-state index contributed by atoms with van der Waals surface area (Å²) in [4.78, 5) is 8.95. The van der Waals surface area contributed by atoms with Crippen LogP contribution in [0.2, 0.25) is 0 Å². The average Bonchev–Trinajstić information content (AvgIpc) is 2.88. The zero-order chi connectivity index (χ0) is 25.5. The number of benzene rings is 3. The van der Waals surface area contributed by atoms with Crippen molar-refractivity contribution in [2.24, 2.45) is 0 Å². The van der Waals surface area contributed by atoms with E-state index < -0.39 is 12.8 Å². The number of allylic oxidation sites excluding steroid dienone is 2. The molecule has 0 unspecified atom stereocenters. The highest BCUT2D eigenvalue weighted by Crippen LogP contribution is 2.27. The molecule has 0 N–H and O–H groups in total. The summed E-state index contributed by atoms with van der Waals surface area (Å²) in [6.07, 6.45) is 6.24. The van der Waals surface area contributed by atoms with Crippen molar-refractivity contribution in [2.45, 2.75) is 38.8 Å². The lowest BCUT2D eigenvalue weighted by atomic mass is 9.99. The largest absolute Gasteiger partial charge is 0.484 e. The molecule has 0 bridgehead atoms. The van der Waals surface area contributed by atoms with Crippen LogP contribution in [0, 0.1) is 5.82 Å². The van der Waals surface area contributed by atoms with Crippen molar-refractivity contribution < 1.29 is 22.3 Å². The van der Waals surface area contributed by atoms with Gasteiger partial charge in [-0.25, -0.2) is 14.4 Å². The summed E-state index contributed by atoms with van der Waals surface area (Å²) in [6, 6.07) is 15.5. The fraction of sp³-hybridized carbons (Fsp3) is 0.241. The topological polar surface area (TPSA) is 35.0 Å². The Balaban J connectivity index is 1.42. The fourth-order valence-electron chi connectivity index (χ4n) is 3.92. The van der Waals surface area contributed by atoms with Crippen LogP contribution in [0.1, 0.15) is 30.0 Å². The molecule has 1 aromatic heterocycles. The van der Waals surface area contributed by atoms with E-state index in [4.69, 9.17) is 4.74 Å². The highest BCUT2D eigenvalue weighted by Gasteiger charge is 2.28. The normalized spacial score (nSPS) is 11.9. The molecule has 7 heteroatoms. The predicted octanol–water partition coefficient (Wildman–Crippen LogP) is 7.67. The quantitative estimate of drug-likeness (QED) is 0.177. The molecule has 3 nitrogen and oxygen atoms in total. The molecule has 0 saturated heterocycles. The Morgan fingerprint density at radius 2 is 1.61 bits per heavy atom. The van der Waals surface area contributed by atoms with E-state index >= 15 is 4.39 Å². The third-order valence-corrected chi connectivity index (χ3v) is 5.84. The maximum Gasteiger partial charge on any atom is 0.422 e.